The van der Waals surface area contributed by atoms with Crippen molar-refractivity contribution < 1.29 is 4.39 Å². The highest BCUT2D eigenvalue weighted by Gasteiger charge is 2.20. The zero-order valence-electron chi connectivity index (χ0n) is 9.62. The molecule has 0 spiro atoms. The predicted octanol–water partition coefficient (Wildman–Crippen LogP) is 3.95. The van der Waals surface area contributed by atoms with Gasteiger partial charge < -0.3 is 5.32 Å². The van der Waals surface area contributed by atoms with Crippen molar-refractivity contribution in [1.82, 2.24) is 10.3 Å². The van der Waals surface area contributed by atoms with Crippen molar-refractivity contribution in [3.05, 3.63) is 63.1 Å². The summed E-state index contributed by atoms with van der Waals surface area (Å²) < 4.78 is 14.5. The van der Waals surface area contributed by atoms with Gasteiger partial charge in [0, 0.05) is 11.8 Å². The van der Waals surface area contributed by atoms with Gasteiger partial charge in [-0.05, 0) is 41.2 Å². The van der Waals surface area contributed by atoms with Crippen LogP contribution in [0.5, 0.6) is 0 Å². The molecule has 5 heteroatoms. The van der Waals surface area contributed by atoms with Gasteiger partial charge in [-0.1, -0.05) is 23.7 Å². The first kappa shape index (κ1) is 13.5. The molecule has 0 radical (unpaired) electrons. The molecule has 1 atom stereocenters. The molecule has 0 bridgehead atoms. The monoisotopic (exact) mass is 328 g/mol. The first-order chi connectivity index (χ1) is 8.65. The number of aromatic nitrogens is 1. The Morgan fingerprint density at radius 2 is 2.11 bits per heavy atom. The fourth-order valence-corrected chi connectivity index (χ4v) is 2.41. The molecule has 0 amide bonds. The van der Waals surface area contributed by atoms with Gasteiger partial charge in [-0.2, -0.15) is 0 Å². The smallest absolute Gasteiger partial charge is 0.142 e. The Balaban J connectivity index is 2.53. The zero-order chi connectivity index (χ0) is 13.1. The maximum atomic E-state index is 14.1. The Morgan fingerprint density at radius 3 is 2.78 bits per heavy atom. The van der Waals surface area contributed by atoms with Crippen LogP contribution in [0.4, 0.5) is 4.39 Å². The van der Waals surface area contributed by atoms with Crippen LogP contribution in [-0.2, 0) is 0 Å². The third kappa shape index (κ3) is 2.55. The minimum atomic E-state index is -0.379. The van der Waals surface area contributed by atoms with Crippen molar-refractivity contribution in [2.45, 2.75) is 6.04 Å². The van der Waals surface area contributed by atoms with Gasteiger partial charge in [0.15, 0.2) is 0 Å². The second-order valence-electron chi connectivity index (χ2n) is 3.74. The van der Waals surface area contributed by atoms with Crippen molar-refractivity contribution in [2.24, 2.45) is 0 Å². The number of rotatable bonds is 3. The Bertz CT molecular complexity index is 562. The number of benzene rings is 1. The Labute approximate surface area is 118 Å². The van der Waals surface area contributed by atoms with Crippen LogP contribution in [0.15, 0.2) is 41.0 Å². The average molecular weight is 330 g/mol. The van der Waals surface area contributed by atoms with E-state index in [1.165, 1.54) is 0 Å². The highest BCUT2D eigenvalue weighted by atomic mass is 79.9. The van der Waals surface area contributed by atoms with Crippen molar-refractivity contribution in [3.63, 3.8) is 0 Å². The van der Waals surface area contributed by atoms with E-state index in [4.69, 9.17) is 11.6 Å². The van der Waals surface area contributed by atoms with E-state index in [1.54, 1.807) is 43.6 Å². The summed E-state index contributed by atoms with van der Waals surface area (Å²) in [6, 6.07) is 8.26. The summed E-state index contributed by atoms with van der Waals surface area (Å²) in [6.45, 7) is 0. The van der Waals surface area contributed by atoms with Gasteiger partial charge in [0.05, 0.1) is 21.2 Å². The van der Waals surface area contributed by atoms with E-state index in [0.29, 0.717) is 20.8 Å². The molecule has 18 heavy (non-hydrogen) atoms. The fraction of sp³-hybridized carbons (Fsp3) is 0.154. The lowest BCUT2D eigenvalue weighted by atomic mass is 10.0. The topological polar surface area (TPSA) is 24.9 Å². The molecule has 0 aliphatic rings. The molecule has 0 saturated heterocycles. The standard InChI is InChI=1S/C13H11BrClFN2/c1-17-12(13-10(15)6-3-7-18-13)8-4-2-5-9(14)11(8)16/h2-7,12,17H,1H3. The molecule has 0 saturated carbocycles. The number of hydrogen-bond donors (Lipinski definition) is 1. The molecule has 1 heterocycles. The van der Waals surface area contributed by atoms with E-state index >= 15 is 0 Å². The van der Waals surface area contributed by atoms with E-state index < -0.39 is 0 Å². The van der Waals surface area contributed by atoms with E-state index in [9.17, 15) is 4.39 Å². The largest absolute Gasteiger partial charge is 0.308 e. The summed E-state index contributed by atoms with van der Waals surface area (Å²) in [5.41, 5.74) is 1.12. The van der Waals surface area contributed by atoms with E-state index in [1.807, 2.05) is 0 Å². The Kier molecular flexibility index (Phi) is 4.32. The molecule has 1 N–H and O–H groups in total. The van der Waals surface area contributed by atoms with Gasteiger partial charge in [0.2, 0.25) is 0 Å². The fourth-order valence-electron chi connectivity index (χ4n) is 1.79. The van der Waals surface area contributed by atoms with Crippen LogP contribution in [0.3, 0.4) is 0 Å². The first-order valence-corrected chi connectivity index (χ1v) is 6.54. The molecule has 2 aromatic rings. The zero-order valence-corrected chi connectivity index (χ0v) is 12.0. The quantitative estimate of drug-likeness (QED) is 0.922. The normalized spacial score (nSPS) is 12.4. The first-order valence-electron chi connectivity index (χ1n) is 5.36. The minimum absolute atomic E-state index is 0.307. The number of nitrogens with one attached hydrogen (secondary N) is 1. The van der Waals surface area contributed by atoms with Crippen molar-refractivity contribution in [3.8, 4) is 0 Å². The van der Waals surface area contributed by atoms with Crippen LogP contribution in [0.1, 0.15) is 17.3 Å². The van der Waals surface area contributed by atoms with Crippen molar-refractivity contribution in [1.29, 1.82) is 0 Å². The minimum Gasteiger partial charge on any atom is -0.308 e. The van der Waals surface area contributed by atoms with E-state index in [0.717, 1.165) is 0 Å². The molecule has 0 aliphatic carbocycles. The second-order valence-corrected chi connectivity index (χ2v) is 5.00. The number of pyridine rings is 1. The SMILES string of the molecule is CNC(c1cccc(Br)c1F)c1ncccc1Cl. The average Bonchev–Trinajstić information content (AvgIpc) is 2.37. The van der Waals surface area contributed by atoms with Crippen LogP contribution in [0.25, 0.3) is 0 Å². The van der Waals surface area contributed by atoms with Crippen LogP contribution in [0, 0.1) is 5.82 Å². The summed E-state index contributed by atoms with van der Waals surface area (Å²) in [6.07, 6.45) is 1.64. The molecular weight excluding hydrogens is 319 g/mol. The summed E-state index contributed by atoms with van der Waals surface area (Å²) in [4.78, 5) is 4.22. The van der Waals surface area contributed by atoms with E-state index in [-0.39, 0.29) is 11.9 Å². The number of halogens is 3. The molecule has 1 unspecified atom stereocenters. The summed E-state index contributed by atoms with van der Waals surface area (Å²) in [7, 11) is 1.75. The Hall–Kier alpha value is -0.970. The van der Waals surface area contributed by atoms with Crippen molar-refractivity contribution in [2.75, 3.05) is 7.05 Å². The third-order valence-electron chi connectivity index (χ3n) is 2.64. The Morgan fingerprint density at radius 1 is 1.33 bits per heavy atom. The third-order valence-corrected chi connectivity index (χ3v) is 3.57. The second kappa shape index (κ2) is 5.78. The lowest BCUT2D eigenvalue weighted by Gasteiger charge is -2.18. The summed E-state index contributed by atoms with van der Waals surface area (Å²) >= 11 is 9.28. The summed E-state index contributed by atoms with van der Waals surface area (Å²) in [5, 5.41) is 3.55. The lowest BCUT2D eigenvalue weighted by Crippen LogP contribution is -2.20. The summed E-state index contributed by atoms with van der Waals surface area (Å²) in [5.74, 6) is -0.307. The molecule has 1 aromatic carbocycles. The van der Waals surface area contributed by atoms with Crippen LogP contribution in [0.2, 0.25) is 5.02 Å². The predicted molar refractivity (Wildman–Crippen MR) is 74.2 cm³/mol. The molecular formula is C13H11BrClFN2. The maximum absolute atomic E-state index is 14.1. The molecule has 2 rings (SSSR count). The van der Waals surface area contributed by atoms with E-state index in [2.05, 4.69) is 26.2 Å². The van der Waals surface area contributed by atoms with Gasteiger partial charge in [0.1, 0.15) is 5.82 Å². The van der Waals surface area contributed by atoms with Crippen molar-refractivity contribution >= 4 is 27.5 Å². The highest BCUT2D eigenvalue weighted by molar-refractivity contribution is 9.10. The lowest BCUT2D eigenvalue weighted by molar-refractivity contribution is 0.566. The highest BCUT2D eigenvalue weighted by Crippen LogP contribution is 2.30. The van der Waals surface area contributed by atoms with Gasteiger partial charge in [-0.25, -0.2) is 4.39 Å². The van der Waals surface area contributed by atoms with Gasteiger partial charge >= 0.3 is 0 Å². The molecule has 1 aromatic heterocycles. The number of hydrogen-bond acceptors (Lipinski definition) is 2. The van der Waals surface area contributed by atoms with Crippen LogP contribution < -0.4 is 5.32 Å². The molecule has 2 nitrogen and oxygen atoms in total. The van der Waals surface area contributed by atoms with Gasteiger partial charge in [-0.15, -0.1) is 0 Å². The van der Waals surface area contributed by atoms with Gasteiger partial charge in [-0.3, -0.25) is 4.98 Å². The van der Waals surface area contributed by atoms with Crippen LogP contribution >= 0.6 is 27.5 Å². The molecule has 0 aliphatic heterocycles. The molecule has 0 fully saturated rings. The van der Waals surface area contributed by atoms with Gasteiger partial charge in [0.25, 0.3) is 0 Å². The van der Waals surface area contributed by atoms with Crippen LogP contribution in [-0.4, -0.2) is 12.0 Å². The number of nitrogens with zero attached hydrogens (tertiary/aromatic N) is 1. The molecule has 94 valence electrons. The maximum Gasteiger partial charge on any atom is 0.142 e.